The van der Waals surface area contributed by atoms with Gasteiger partial charge in [0.1, 0.15) is 5.69 Å². The number of benzene rings is 1. The first kappa shape index (κ1) is 14.9. The first-order valence-corrected chi connectivity index (χ1v) is 6.53. The predicted octanol–water partition coefficient (Wildman–Crippen LogP) is 2.92. The van der Waals surface area contributed by atoms with Gasteiger partial charge in [-0.05, 0) is 29.7 Å². The summed E-state index contributed by atoms with van der Waals surface area (Å²) >= 11 is 0. The SMILES string of the molecule is COc1cc(-c2cc(C(=O)O)[nH]n2)c(C(C)C)cc1OC. The molecule has 0 unspecified atom stereocenters. The van der Waals surface area contributed by atoms with E-state index in [2.05, 4.69) is 24.0 Å². The van der Waals surface area contributed by atoms with Crippen LogP contribution < -0.4 is 9.47 Å². The largest absolute Gasteiger partial charge is 0.493 e. The summed E-state index contributed by atoms with van der Waals surface area (Å²) in [6, 6.07) is 5.22. The van der Waals surface area contributed by atoms with Gasteiger partial charge in [-0.3, -0.25) is 5.10 Å². The van der Waals surface area contributed by atoms with Gasteiger partial charge in [-0.1, -0.05) is 13.8 Å². The summed E-state index contributed by atoms with van der Waals surface area (Å²) in [5.74, 6) is 0.404. The van der Waals surface area contributed by atoms with Gasteiger partial charge >= 0.3 is 5.97 Å². The Morgan fingerprint density at radius 1 is 1.19 bits per heavy atom. The third-order valence-corrected chi connectivity index (χ3v) is 3.26. The predicted molar refractivity (Wildman–Crippen MR) is 78.2 cm³/mol. The van der Waals surface area contributed by atoms with Crippen molar-refractivity contribution in [1.29, 1.82) is 0 Å². The Hall–Kier alpha value is -2.50. The molecule has 21 heavy (non-hydrogen) atoms. The fourth-order valence-corrected chi connectivity index (χ4v) is 2.16. The molecule has 0 radical (unpaired) electrons. The van der Waals surface area contributed by atoms with Gasteiger partial charge in [0.25, 0.3) is 0 Å². The molecule has 6 heteroatoms. The average Bonchev–Trinajstić information content (AvgIpc) is 2.95. The first-order chi connectivity index (χ1) is 9.97. The van der Waals surface area contributed by atoms with Crippen LogP contribution in [0.2, 0.25) is 0 Å². The van der Waals surface area contributed by atoms with E-state index in [0.29, 0.717) is 17.2 Å². The van der Waals surface area contributed by atoms with Crippen LogP contribution in [0.5, 0.6) is 11.5 Å². The molecule has 0 amide bonds. The van der Waals surface area contributed by atoms with Gasteiger partial charge in [-0.2, -0.15) is 5.10 Å². The lowest BCUT2D eigenvalue weighted by Gasteiger charge is -2.16. The minimum atomic E-state index is -1.04. The van der Waals surface area contributed by atoms with Crippen LogP contribution in [-0.2, 0) is 0 Å². The minimum absolute atomic E-state index is 0.0505. The molecule has 0 saturated carbocycles. The molecule has 1 heterocycles. The van der Waals surface area contributed by atoms with Crippen LogP contribution in [0.3, 0.4) is 0 Å². The van der Waals surface area contributed by atoms with Crippen molar-refractivity contribution in [1.82, 2.24) is 10.2 Å². The number of aromatic carboxylic acids is 1. The molecule has 112 valence electrons. The number of H-pyrrole nitrogens is 1. The second-order valence-corrected chi connectivity index (χ2v) is 4.92. The van der Waals surface area contributed by atoms with Crippen molar-refractivity contribution in [3.8, 4) is 22.8 Å². The van der Waals surface area contributed by atoms with Crippen molar-refractivity contribution >= 4 is 5.97 Å². The molecule has 1 aromatic heterocycles. The highest BCUT2D eigenvalue weighted by Gasteiger charge is 2.18. The number of hydrogen-bond donors (Lipinski definition) is 2. The zero-order valence-corrected chi connectivity index (χ0v) is 12.4. The van der Waals surface area contributed by atoms with Gasteiger partial charge in [0.2, 0.25) is 0 Å². The molecule has 0 aliphatic rings. The van der Waals surface area contributed by atoms with Crippen molar-refractivity contribution in [2.24, 2.45) is 0 Å². The van der Waals surface area contributed by atoms with E-state index < -0.39 is 5.97 Å². The molecular weight excluding hydrogens is 272 g/mol. The average molecular weight is 290 g/mol. The summed E-state index contributed by atoms with van der Waals surface area (Å²) < 4.78 is 10.6. The zero-order valence-electron chi connectivity index (χ0n) is 12.4. The number of methoxy groups -OCH3 is 2. The molecule has 2 N–H and O–H groups in total. The third-order valence-electron chi connectivity index (χ3n) is 3.26. The van der Waals surface area contributed by atoms with E-state index >= 15 is 0 Å². The molecule has 0 atom stereocenters. The number of carbonyl (C=O) groups is 1. The van der Waals surface area contributed by atoms with Gasteiger partial charge in [0.15, 0.2) is 11.5 Å². The van der Waals surface area contributed by atoms with Gasteiger partial charge in [0, 0.05) is 5.56 Å². The van der Waals surface area contributed by atoms with E-state index in [1.165, 1.54) is 6.07 Å². The van der Waals surface area contributed by atoms with E-state index in [-0.39, 0.29) is 11.6 Å². The quantitative estimate of drug-likeness (QED) is 0.884. The molecule has 0 spiro atoms. The van der Waals surface area contributed by atoms with E-state index in [0.717, 1.165) is 11.1 Å². The second kappa shape index (κ2) is 5.87. The summed E-state index contributed by atoms with van der Waals surface area (Å²) in [6.07, 6.45) is 0. The maximum atomic E-state index is 11.0. The smallest absolute Gasteiger partial charge is 0.353 e. The molecule has 0 aliphatic heterocycles. The molecule has 0 fully saturated rings. The van der Waals surface area contributed by atoms with Crippen molar-refractivity contribution in [3.05, 3.63) is 29.5 Å². The summed E-state index contributed by atoms with van der Waals surface area (Å²) in [6.45, 7) is 4.10. The number of aromatic amines is 1. The molecule has 0 saturated heterocycles. The topological polar surface area (TPSA) is 84.4 Å². The van der Waals surface area contributed by atoms with Crippen molar-refractivity contribution in [2.45, 2.75) is 19.8 Å². The summed E-state index contributed by atoms with van der Waals surface area (Å²) in [7, 11) is 3.14. The van der Waals surface area contributed by atoms with Crippen LogP contribution in [0, 0.1) is 0 Å². The van der Waals surface area contributed by atoms with E-state index in [9.17, 15) is 4.79 Å². The lowest BCUT2D eigenvalue weighted by Crippen LogP contribution is -1.98. The number of hydrogen-bond acceptors (Lipinski definition) is 4. The van der Waals surface area contributed by atoms with Gasteiger partial charge in [0.05, 0.1) is 19.9 Å². The maximum absolute atomic E-state index is 11.0. The normalized spacial score (nSPS) is 10.7. The summed E-state index contributed by atoms with van der Waals surface area (Å²) in [5.41, 5.74) is 2.45. The van der Waals surface area contributed by atoms with E-state index in [4.69, 9.17) is 14.6 Å². The highest BCUT2D eigenvalue weighted by molar-refractivity contribution is 5.87. The number of nitrogens with zero attached hydrogens (tertiary/aromatic N) is 1. The molecule has 1 aromatic carbocycles. The summed E-state index contributed by atoms with van der Waals surface area (Å²) in [4.78, 5) is 11.0. The van der Waals surface area contributed by atoms with Gasteiger partial charge < -0.3 is 14.6 Å². The van der Waals surface area contributed by atoms with Gasteiger partial charge in [-0.25, -0.2) is 4.79 Å². The number of ether oxygens (including phenoxy) is 2. The number of nitrogens with one attached hydrogen (secondary N) is 1. The molecular formula is C15H18N2O4. The van der Waals surface area contributed by atoms with Crippen LogP contribution in [-0.4, -0.2) is 35.5 Å². The fourth-order valence-electron chi connectivity index (χ4n) is 2.16. The van der Waals surface area contributed by atoms with Crippen LogP contribution in [0.25, 0.3) is 11.3 Å². The number of rotatable bonds is 5. The van der Waals surface area contributed by atoms with Crippen LogP contribution >= 0.6 is 0 Å². The minimum Gasteiger partial charge on any atom is -0.493 e. The summed E-state index contributed by atoms with van der Waals surface area (Å²) in [5, 5.41) is 15.6. The highest BCUT2D eigenvalue weighted by Crippen LogP contribution is 2.38. The van der Waals surface area contributed by atoms with Crippen molar-refractivity contribution in [2.75, 3.05) is 14.2 Å². The number of carboxylic acids is 1. The standard InChI is InChI=1S/C15H18N2O4/c1-8(2)9-5-13(20-3)14(21-4)6-10(9)11-7-12(15(18)19)17-16-11/h5-8H,1-4H3,(H,16,17)(H,18,19). The van der Waals surface area contributed by atoms with Crippen molar-refractivity contribution in [3.63, 3.8) is 0 Å². The molecule has 6 nitrogen and oxygen atoms in total. The van der Waals surface area contributed by atoms with Gasteiger partial charge in [-0.15, -0.1) is 0 Å². The fraction of sp³-hybridized carbons (Fsp3) is 0.333. The second-order valence-electron chi connectivity index (χ2n) is 4.92. The van der Waals surface area contributed by atoms with E-state index in [1.54, 1.807) is 14.2 Å². The highest BCUT2D eigenvalue weighted by atomic mass is 16.5. The molecule has 2 rings (SSSR count). The maximum Gasteiger partial charge on any atom is 0.353 e. The molecule has 2 aromatic rings. The third kappa shape index (κ3) is 2.84. The van der Waals surface area contributed by atoms with Crippen LogP contribution in [0.4, 0.5) is 0 Å². The van der Waals surface area contributed by atoms with Crippen molar-refractivity contribution < 1.29 is 19.4 Å². The zero-order chi connectivity index (χ0) is 15.6. The Morgan fingerprint density at radius 3 is 2.29 bits per heavy atom. The Balaban J connectivity index is 2.61. The number of carboxylic acid groups (broad SMARTS) is 1. The lowest BCUT2D eigenvalue weighted by atomic mass is 9.94. The van der Waals surface area contributed by atoms with E-state index in [1.807, 2.05) is 12.1 Å². The Kier molecular flexibility index (Phi) is 4.16. The van der Waals surface area contributed by atoms with Crippen LogP contribution in [0.1, 0.15) is 35.8 Å². The monoisotopic (exact) mass is 290 g/mol. The van der Waals surface area contributed by atoms with Crippen LogP contribution in [0.15, 0.2) is 18.2 Å². The lowest BCUT2D eigenvalue weighted by molar-refractivity contribution is 0.0690. The Morgan fingerprint density at radius 2 is 1.81 bits per heavy atom. The molecule has 0 bridgehead atoms. The number of aromatic nitrogens is 2. The molecule has 0 aliphatic carbocycles. The Labute approximate surface area is 122 Å². The Bertz CT molecular complexity index is 662. The first-order valence-electron chi connectivity index (χ1n) is 6.53.